The van der Waals surface area contributed by atoms with Crippen molar-refractivity contribution in [1.29, 1.82) is 0 Å². The van der Waals surface area contributed by atoms with Crippen LogP contribution in [0.25, 0.3) is 0 Å². The van der Waals surface area contributed by atoms with Gasteiger partial charge in [-0.15, -0.1) is 0 Å². The molecule has 0 aliphatic rings. The maximum absolute atomic E-state index is 11.7. The number of hydrogen-bond acceptors (Lipinski definition) is 4. The van der Waals surface area contributed by atoms with Crippen molar-refractivity contribution in [3.63, 3.8) is 0 Å². The molecule has 0 bridgehead atoms. The minimum atomic E-state index is -3.15. The quantitative estimate of drug-likeness (QED) is 0.618. The molecular formula is C12H24N4O2S. The van der Waals surface area contributed by atoms with Gasteiger partial charge in [-0.1, -0.05) is 13.8 Å². The number of nitrogens with one attached hydrogen (secondary N) is 2. The molecule has 0 unspecified atom stereocenters. The van der Waals surface area contributed by atoms with Crippen LogP contribution in [0.15, 0.2) is 18.5 Å². The van der Waals surface area contributed by atoms with Crippen molar-refractivity contribution in [3.8, 4) is 0 Å². The summed E-state index contributed by atoms with van der Waals surface area (Å²) in [5.74, 6) is 0.186. The van der Waals surface area contributed by atoms with Crippen LogP contribution in [0.4, 0.5) is 0 Å². The number of hydrogen-bond donors (Lipinski definition) is 2. The third-order valence-electron chi connectivity index (χ3n) is 2.61. The van der Waals surface area contributed by atoms with E-state index in [-0.39, 0.29) is 5.75 Å². The van der Waals surface area contributed by atoms with Gasteiger partial charge in [-0.3, -0.25) is 4.68 Å². The fourth-order valence-electron chi connectivity index (χ4n) is 1.63. The van der Waals surface area contributed by atoms with Crippen LogP contribution in [0.2, 0.25) is 0 Å². The van der Waals surface area contributed by atoms with Crippen LogP contribution < -0.4 is 10.0 Å². The second kappa shape index (κ2) is 8.29. The maximum atomic E-state index is 11.7. The fourth-order valence-corrected chi connectivity index (χ4v) is 2.76. The number of aromatic nitrogens is 2. The van der Waals surface area contributed by atoms with Crippen LogP contribution in [-0.4, -0.2) is 43.1 Å². The predicted octanol–water partition coefficient (Wildman–Crippen LogP) is 0.581. The average Bonchev–Trinajstić information content (AvgIpc) is 2.80. The lowest BCUT2D eigenvalue weighted by atomic mass is 10.3. The van der Waals surface area contributed by atoms with Gasteiger partial charge in [0.1, 0.15) is 0 Å². The molecule has 110 valence electrons. The Bertz CT molecular complexity index is 429. The summed E-state index contributed by atoms with van der Waals surface area (Å²) < 4.78 is 27.7. The summed E-state index contributed by atoms with van der Waals surface area (Å²) in [5.41, 5.74) is 0. The predicted molar refractivity (Wildman–Crippen MR) is 76.4 cm³/mol. The van der Waals surface area contributed by atoms with E-state index in [9.17, 15) is 8.42 Å². The van der Waals surface area contributed by atoms with Crippen LogP contribution >= 0.6 is 0 Å². The normalized spacial score (nSPS) is 12.2. The fraction of sp³-hybridized carbons (Fsp3) is 0.750. The van der Waals surface area contributed by atoms with Crippen molar-refractivity contribution in [2.75, 3.05) is 18.8 Å². The molecule has 0 aromatic carbocycles. The Hall–Kier alpha value is -0.920. The molecule has 0 radical (unpaired) electrons. The molecule has 0 spiro atoms. The minimum Gasteiger partial charge on any atom is -0.315 e. The van der Waals surface area contributed by atoms with Gasteiger partial charge in [-0.05, 0) is 25.5 Å². The van der Waals surface area contributed by atoms with Gasteiger partial charge in [0.25, 0.3) is 0 Å². The van der Waals surface area contributed by atoms with Gasteiger partial charge in [0.15, 0.2) is 0 Å². The molecule has 7 heteroatoms. The van der Waals surface area contributed by atoms with Gasteiger partial charge in [-0.25, -0.2) is 13.1 Å². The first-order valence-corrected chi connectivity index (χ1v) is 8.33. The molecule has 1 heterocycles. The van der Waals surface area contributed by atoms with E-state index in [0.717, 1.165) is 13.0 Å². The second-order valence-electron chi connectivity index (χ2n) is 4.80. The van der Waals surface area contributed by atoms with Crippen LogP contribution in [0.1, 0.15) is 26.7 Å². The lowest BCUT2D eigenvalue weighted by Gasteiger charge is -2.09. The summed E-state index contributed by atoms with van der Waals surface area (Å²) in [6.07, 6.45) is 5.04. The van der Waals surface area contributed by atoms with E-state index >= 15 is 0 Å². The van der Waals surface area contributed by atoms with Crippen LogP contribution in [0, 0.1) is 0 Å². The van der Waals surface area contributed by atoms with E-state index in [1.807, 2.05) is 12.3 Å². The first-order chi connectivity index (χ1) is 8.99. The molecule has 1 aromatic heterocycles. The van der Waals surface area contributed by atoms with Gasteiger partial charge in [-0.2, -0.15) is 5.10 Å². The van der Waals surface area contributed by atoms with Crippen molar-refractivity contribution in [2.24, 2.45) is 0 Å². The molecule has 6 nitrogen and oxygen atoms in total. The Morgan fingerprint density at radius 1 is 1.26 bits per heavy atom. The Kier molecular flexibility index (Phi) is 7.04. The summed E-state index contributed by atoms with van der Waals surface area (Å²) in [5, 5.41) is 7.28. The Morgan fingerprint density at radius 2 is 2.05 bits per heavy atom. The van der Waals surface area contributed by atoms with Crippen LogP contribution in [0.5, 0.6) is 0 Å². The lowest BCUT2D eigenvalue weighted by molar-refractivity contribution is 0.547. The molecular weight excluding hydrogens is 264 g/mol. The summed E-state index contributed by atoms with van der Waals surface area (Å²) in [6.45, 7) is 5.96. The third-order valence-corrected chi connectivity index (χ3v) is 4.08. The molecule has 0 aliphatic heterocycles. The van der Waals surface area contributed by atoms with Crippen LogP contribution in [0.3, 0.4) is 0 Å². The minimum absolute atomic E-state index is 0.186. The van der Waals surface area contributed by atoms with Gasteiger partial charge in [0.05, 0.1) is 12.3 Å². The zero-order valence-electron chi connectivity index (χ0n) is 11.7. The number of sulfonamides is 1. The molecule has 0 aliphatic carbocycles. The van der Waals surface area contributed by atoms with E-state index in [1.54, 1.807) is 10.9 Å². The van der Waals surface area contributed by atoms with Gasteiger partial charge in [0.2, 0.25) is 10.0 Å². The van der Waals surface area contributed by atoms with Crippen molar-refractivity contribution in [3.05, 3.63) is 18.5 Å². The molecule has 19 heavy (non-hydrogen) atoms. The molecule has 0 amide bonds. The van der Waals surface area contributed by atoms with E-state index in [0.29, 0.717) is 25.6 Å². The average molecular weight is 288 g/mol. The second-order valence-corrected chi connectivity index (χ2v) is 6.72. The number of nitrogens with zero attached hydrogens (tertiary/aromatic N) is 2. The first-order valence-electron chi connectivity index (χ1n) is 6.68. The highest BCUT2D eigenvalue weighted by Gasteiger charge is 2.08. The highest BCUT2D eigenvalue weighted by Crippen LogP contribution is 1.94. The van der Waals surface area contributed by atoms with Crippen LogP contribution in [-0.2, 0) is 16.6 Å². The van der Waals surface area contributed by atoms with E-state index < -0.39 is 10.0 Å². The molecule has 0 saturated heterocycles. The highest BCUT2D eigenvalue weighted by molar-refractivity contribution is 7.89. The van der Waals surface area contributed by atoms with E-state index in [1.165, 1.54) is 0 Å². The molecule has 0 atom stereocenters. The molecule has 0 fully saturated rings. The summed E-state index contributed by atoms with van der Waals surface area (Å²) in [7, 11) is -3.15. The number of rotatable bonds is 10. The van der Waals surface area contributed by atoms with Crippen molar-refractivity contribution in [2.45, 2.75) is 39.3 Å². The van der Waals surface area contributed by atoms with Gasteiger partial charge in [0, 0.05) is 25.0 Å². The Balaban J connectivity index is 2.10. The number of unbranched alkanes of at least 4 members (excludes halogenated alkanes) is 1. The first kappa shape index (κ1) is 16.1. The summed E-state index contributed by atoms with van der Waals surface area (Å²) in [4.78, 5) is 0. The Morgan fingerprint density at radius 3 is 2.68 bits per heavy atom. The van der Waals surface area contributed by atoms with Crippen molar-refractivity contribution in [1.82, 2.24) is 19.8 Å². The van der Waals surface area contributed by atoms with Crippen molar-refractivity contribution < 1.29 is 8.42 Å². The smallest absolute Gasteiger partial charge is 0.211 e. The topological polar surface area (TPSA) is 76.0 Å². The third kappa shape index (κ3) is 7.97. The van der Waals surface area contributed by atoms with Gasteiger partial charge < -0.3 is 5.32 Å². The molecule has 1 rings (SSSR count). The monoisotopic (exact) mass is 288 g/mol. The largest absolute Gasteiger partial charge is 0.315 e. The standard InChI is InChI=1S/C12H24N4O2S/c1-12(2)13-6-3-4-11-19(17,18)15-8-10-16-9-5-7-14-16/h5,7,9,12-13,15H,3-4,6,8,10-11H2,1-2H3. The van der Waals surface area contributed by atoms with Crippen molar-refractivity contribution >= 4 is 10.0 Å². The molecule has 1 aromatic rings. The zero-order valence-corrected chi connectivity index (χ0v) is 12.5. The maximum Gasteiger partial charge on any atom is 0.211 e. The lowest BCUT2D eigenvalue weighted by Crippen LogP contribution is -2.30. The summed E-state index contributed by atoms with van der Waals surface area (Å²) >= 11 is 0. The SMILES string of the molecule is CC(C)NCCCCS(=O)(=O)NCCn1cccn1. The molecule has 0 saturated carbocycles. The van der Waals surface area contributed by atoms with Gasteiger partial charge >= 0.3 is 0 Å². The van der Waals surface area contributed by atoms with E-state index in [2.05, 4.69) is 29.0 Å². The van der Waals surface area contributed by atoms with E-state index in [4.69, 9.17) is 0 Å². The summed E-state index contributed by atoms with van der Waals surface area (Å²) in [6, 6.07) is 2.26. The highest BCUT2D eigenvalue weighted by atomic mass is 32.2. The molecule has 2 N–H and O–H groups in total. The zero-order chi connectivity index (χ0) is 14.1. The Labute approximate surface area is 115 Å².